The van der Waals surface area contributed by atoms with E-state index in [2.05, 4.69) is 0 Å². The first-order valence-corrected chi connectivity index (χ1v) is 7.37. The lowest BCUT2D eigenvalue weighted by atomic mass is 10.2. The van der Waals surface area contributed by atoms with Gasteiger partial charge in [0.15, 0.2) is 5.78 Å². The number of carbonyl (C=O) groups excluding carboxylic acids is 1. The number of carbonyl (C=O) groups is 1. The third kappa shape index (κ3) is 3.25. The van der Waals surface area contributed by atoms with Gasteiger partial charge in [-0.2, -0.15) is 0 Å². The Labute approximate surface area is 120 Å². The number of Topliss-reactive ketones (excluding diaryl/α,β-unsaturated/α-hetero) is 1. The molecule has 21 heavy (non-hydrogen) atoms. The van der Waals surface area contributed by atoms with Crippen LogP contribution in [0.4, 0.5) is 14.5 Å². The summed E-state index contributed by atoms with van der Waals surface area (Å²) in [7, 11) is -4.20. The summed E-state index contributed by atoms with van der Waals surface area (Å²) in [4.78, 5) is 11.0. The van der Waals surface area contributed by atoms with Crippen LogP contribution in [0.5, 0.6) is 0 Å². The van der Waals surface area contributed by atoms with Gasteiger partial charge in [-0.3, -0.25) is 9.52 Å². The number of hydrogen-bond donors (Lipinski definition) is 1. The molecule has 0 bridgehead atoms. The Hall–Kier alpha value is -2.28. The summed E-state index contributed by atoms with van der Waals surface area (Å²) in [6, 6.07) is 8.20. The molecule has 0 spiro atoms. The zero-order valence-corrected chi connectivity index (χ0v) is 11.7. The maximum Gasteiger partial charge on any atom is 0.262 e. The highest BCUT2D eigenvalue weighted by Gasteiger charge is 2.19. The molecule has 7 heteroatoms. The molecule has 2 rings (SSSR count). The predicted molar refractivity (Wildman–Crippen MR) is 73.6 cm³/mol. The van der Waals surface area contributed by atoms with Gasteiger partial charge >= 0.3 is 0 Å². The zero-order chi connectivity index (χ0) is 15.6. The van der Waals surface area contributed by atoms with Gasteiger partial charge in [0.05, 0.1) is 4.90 Å². The van der Waals surface area contributed by atoms with Crippen molar-refractivity contribution < 1.29 is 22.0 Å². The van der Waals surface area contributed by atoms with Crippen LogP contribution in [0.3, 0.4) is 0 Å². The second kappa shape index (κ2) is 5.61. The molecule has 0 aliphatic rings. The van der Waals surface area contributed by atoms with Gasteiger partial charge in [0.25, 0.3) is 10.0 Å². The summed E-state index contributed by atoms with van der Waals surface area (Å²) in [6.07, 6.45) is 0. The Morgan fingerprint density at radius 3 is 2.19 bits per heavy atom. The minimum atomic E-state index is -4.20. The van der Waals surface area contributed by atoms with Crippen LogP contribution in [-0.4, -0.2) is 14.2 Å². The third-order valence-electron chi connectivity index (χ3n) is 2.75. The lowest BCUT2D eigenvalue weighted by molar-refractivity contribution is 0.101. The van der Waals surface area contributed by atoms with Crippen molar-refractivity contribution in [3.63, 3.8) is 0 Å². The first-order chi connectivity index (χ1) is 9.81. The number of sulfonamides is 1. The molecular formula is C14H11F2NO3S. The minimum absolute atomic E-state index is 0.187. The molecule has 0 aliphatic heterocycles. The van der Waals surface area contributed by atoms with Crippen molar-refractivity contribution in [1.82, 2.24) is 0 Å². The number of halogens is 2. The average Bonchev–Trinajstić information content (AvgIpc) is 2.43. The highest BCUT2D eigenvalue weighted by atomic mass is 32.2. The van der Waals surface area contributed by atoms with Crippen molar-refractivity contribution in [3.8, 4) is 0 Å². The van der Waals surface area contributed by atoms with Gasteiger partial charge in [-0.1, -0.05) is 18.2 Å². The van der Waals surface area contributed by atoms with Crippen molar-refractivity contribution in [1.29, 1.82) is 0 Å². The van der Waals surface area contributed by atoms with Gasteiger partial charge in [-0.15, -0.1) is 0 Å². The summed E-state index contributed by atoms with van der Waals surface area (Å²) in [5.74, 6) is -2.37. The molecule has 0 saturated carbocycles. The van der Waals surface area contributed by atoms with Gasteiger partial charge in [0.1, 0.15) is 17.3 Å². The molecule has 0 radical (unpaired) electrons. The molecule has 2 aromatic rings. The maximum absolute atomic E-state index is 13.5. The molecule has 0 unspecified atom stereocenters. The molecule has 0 fully saturated rings. The van der Waals surface area contributed by atoms with Gasteiger partial charge in [-0.05, 0) is 31.2 Å². The van der Waals surface area contributed by atoms with Gasteiger partial charge in [-0.25, -0.2) is 17.2 Å². The zero-order valence-electron chi connectivity index (χ0n) is 10.9. The number of hydrogen-bond acceptors (Lipinski definition) is 3. The Kier molecular flexibility index (Phi) is 4.04. The first-order valence-electron chi connectivity index (χ1n) is 5.89. The predicted octanol–water partition coefficient (Wildman–Crippen LogP) is 2.97. The van der Waals surface area contributed by atoms with Crippen LogP contribution in [0.25, 0.3) is 0 Å². The topological polar surface area (TPSA) is 63.2 Å². The van der Waals surface area contributed by atoms with E-state index in [4.69, 9.17) is 0 Å². The van der Waals surface area contributed by atoms with Crippen molar-refractivity contribution in [2.45, 2.75) is 11.8 Å². The Balaban J connectivity index is 2.44. The highest BCUT2D eigenvalue weighted by Crippen LogP contribution is 2.22. The van der Waals surface area contributed by atoms with Crippen LogP contribution < -0.4 is 4.72 Å². The molecule has 0 atom stereocenters. The van der Waals surface area contributed by atoms with E-state index in [-0.39, 0.29) is 16.2 Å². The average molecular weight is 311 g/mol. The summed E-state index contributed by atoms with van der Waals surface area (Å²) in [5.41, 5.74) is -0.572. The summed E-state index contributed by atoms with van der Waals surface area (Å²) in [6.45, 7) is 1.29. The third-order valence-corrected chi connectivity index (χ3v) is 4.10. The molecule has 0 aliphatic carbocycles. The largest absolute Gasteiger partial charge is 0.295 e. The van der Waals surface area contributed by atoms with E-state index < -0.39 is 27.3 Å². The van der Waals surface area contributed by atoms with Gasteiger partial charge in [0.2, 0.25) is 0 Å². The number of para-hydroxylation sites is 1. The second-order valence-electron chi connectivity index (χ2n) is 4.29. The van der Waals surface area contributed by atoms with Crippen molar-refractivity contribution >= 4 is 21.5 Å². The molecule has 1 N–H and O–H groups in total. The monoisotopic (exact) mass is 311 g/mol. The smallest absolute Gasteiger partial charge is 0.262 e. The summed E-state index contributed by atoms with van der Waals surface area (Å²) < 4.78 is 53.1. The van der Waals surface area contributed by atoms with Gasteiger partial charge in [0, 0.05) is 5.56 Å². The van der Waals surface area contributed by atoms with Crippen LogP contribution in [0.15, 0.2) is 47.4 Å². The van der Waals surface area contributed by atoms with E-state index in [0.29, 0.717) is 0 Å². The molecule has 2 aromatic carbocycles. The van der Waals surface area contributed by atoms with Crippen molar-refractivity contribution in [3.05, 3.63) is 59.7 Å². The Bertz CT molecular complexity index is 783. The fraction of sp³-hybridized carbons (Fsp3) is 0.0714. The molecule has 0 aromatic heterocycles. The fourth-order valence-electron chi connectivity index (χ4n) is 1.67. The standard InChI is InChI=1S/C14H11F2NO3S/c1-9(18)10-4-2-5-11(8-10)21(19,20)17-14-12(15)6-3-7-13(14)16/h2-8,17H,1H3. The molecule has 110 valence electrons. The molecule has 4 nitrogen and oxygen atoms in total. The molecule has 0 heterocycles. The number of nitrogens with one attached hydrogen (secondary N) is 1. The number of benzene rings is 2. The molecular weight excluding hydrogens is 300 g/mol. The normalized spacial score (nSPS) is 11.2. The fourth-order valence-corrected chi connectivity index (χ4v) is 2.79. The SMILES string of the molecule is CC(=O)c1cccc(S(=O)(=O)Nc2c(F)cccc2F)c1. The van der Waals surface area contributed by atoms with E-state index in [1.807, 2.05) is 4.72 Å². The lowest BCUT2D eigenvalue weighted by Crippen LogP contribution is -2.15. The van der Waals surface area contributed by atoms with Crippen LogP contribution in [0.2, 0.25) is 0 Å². The van der Waals surface area contributed by atoms with Crippen molar-refractivity contribution in [2.24, 2.45) is 0 Å². The number of ketones is 1. The minimum Gasteiger partial charge on any atom is -0.295 e. The van der Waals surface area contributed by atoms with E-state index in [9.17, 15) is 22.0 Å². The van der Waals surface area contributed by atoms with E-state index in [1.54, 1.807) is 0 Å². The maximum atomic E-state index is 13.5. The van der Waals surface area contributed by atoms with Crippen LogP contribution in [0.1, 0.15) is 17.3 Å². The summed E-state index contributed by atoms with van der Waals surface area (Å²) >= 11 is 0. The van der Waals surface area contributed by atoms with Crippen molar-refractivity contribution in [2.75, 3.05) is 4.72 Å². The van der Waals surface area contributed by atoms with E-state index in [0.717, 1.165) is 24.3 Å². The van der Waals surface area contributed by atoms with Gasteiger partial charge < -0.3 is 0 Å². The first kappa shape index (κ1) is 15.1. The van der Waals surface area contributed by atoms with Crippen LogP contribution in [0, 0.1) is 11.6 Å². The number of rotatable bonds is 4. The second-order valence-corrected chi connectivity index (χ2v) is 5.97. The Morgan fingerprint density at radius 1 is 1.05 bits per heavy atom. The quantitative estimate of drug-likeness (QED) is 0.883. The van der Waals surface area contributed by atoms with Crippen LogP contribution >= 0.6 is 0 Å². The highest BCUT2D eigenvalue weighted by molar-refractivity contribution is 7.92. The van der Waals surface area contributed by atoms with E-state index in [1.165, 1.54) is 25.1 Å². The lowest BCUT2D eigenvalue weighted by Gasteiger charge is -2.10. The number of anilines is 1. The van der Waals surface area contributed by atoms with E-state index >= 15 is 0 Å². The molecule has 0 amide bonds. The molecule has 0 saturated heterocycles. The van der Waals surface area contributed by atoms with Crippen LogP contribution in [-0.2, 0) is 10.0 Å². The summed E-state index contributed by atoms with van der Waals surface area (Å²) in [5, 5.41) is 0. The Morgan fingerprint density at radius 2 is 1.62 bits per heavy atom.